The van der Waals surface area contributed by atoms with Gasteiger partial charge in [-0.1, -0.05) is 72.8 Å². The summed E-state index contributed by atoms with van der Waals surface area (Å²) in [5, 5.41) is 3.41. The highest BCUT2D eigenvalue weighted by molar-refractivity contribution is 5.79. The molecule has 3 atom stereocenters. The zero-order chi connectivity index (χ0) is 17.9. The van der Waals surface area contributed by atoms with E-state index in [0.717, 1.165) is 11.1 Å². The van der Waals surface area contributed by atoms with Crippen molar-refractivity contribution in [2.45, 2.75) is 18.2 Å². The van der Waals surface area contributed by atoms with Gasteiger partial charge in [0.25, 0.3) is 0 Å². The van der Waals surface area contributed by atoms with Crippen LogP contribution in [-0.2, 0) is 9.53 Å². The molecule has 1 fully saturated rings. The molecule has 1 saturated heterocycles. The van der Waals surface area contributed by atoms with Crippen LogP contribution in [0.1, 0.15) is 34.9 Å². The third-order valence-corrected chi connectivity index (χ3v) is 4.62. The average Bonchev–Trinajstić information content (AvgIpc) is 2.70. The molecule has 0 bridgehead atoms. The molecule has 1 N–H and O–H groups in total. The number of esters is 1. The number of carbonyl (C=O) groups is 1. The Kier molecular flexibility index (Phi) is 4.50. The maximum atomic E-state index is 13.2. The van der Waals surface area contributed by atoms with Gasteiger partial charge in [0.15, 0.2) is 0 Å². The normalized spacial score (nSPS) is 22.7. The predicted molar refractivity (Wildman–Crippen MR) is 96.7 cm³/mol. The summed E-state index contributed by atoms with van der Waals surface area (Å²) in [5.41, 5.74) is 2.64. The van der Waals surface area contributed by atoms with Gasteiger partial charge in [-0.2, -0.15) is 0 Å². The fourth-order valence-electron chi connectivity index (χ4n) is 3.32. The lowest BCUT2D eigenvalue weighted by atomic mass is 9.91. The first-order valence-corrected chi connectivity index (χ1v) is 8.54. The van der Waals surface area contributed by atoms with E-state index in [1.165, 1.54) is 12.1 Å². The number of halogens is 1. The quantitative estimate of drug-likeness (QED) is 0.709. The average molecular weight is 347 g/mol. The van der Waals surface area contributed by atoms with Crippen LogP contribution in [0.5, 0.6) is 0 Å². The van der Waals surface area contributed by atoms with Crippen LogP contribution in [-0.4, -0.2) is 5.97 Å². The lowest BCUT2D eigenvalue weighted by molar-refractivity contribution is -0.161. The van der Waals surface area contributed by atoms with Gasteiger partial charge in [-0.15, -0.1) is 0 Å². The minimum Gasteiger partial charge on any atom is -0.454 e. The van der Waals surface area contributed by atoms with Gasteiger partial charge in [0.05, 0.1) is 6.04 Å². The summed E-state index contributed by atoms with van der Waals surface area (Å²) < 4.78 is 19.1. The number of rotatable bonds is 3. The Labute approximate surface area is 151 Å². The van der Waals surface area contributed by atoms with E-state index in [1.54, 1.807) is 12.1 Å². The highest BCUT2D eigenvalue weighted by atomic mass is 19.1. The molecule has 4 rings (SSSR count). The largest absolute Gasteiger partial charge is 0.454 e. The van der Waals surface area contributed by atoms with Crippen molar-refractivity contribution in [3.8, 4) is 0 Å². The van der Waals surface area contributed by atoms with Crippen molar-refractivity contribution in [3.05, 3.63) is 107 Å². The standard InChI is InChI=1S/C22H18FNO2/c23-18-13-11-16(12-14-18)20-22(25)26-21(17-9-5-2-6-10-17)19(24-20)15-7-3-1-4-8-15/h1-14,19-21,24H/t19-,20+,21+/m0/s1. The van der Waals surface area contributed by atoms with Gasteiger partial charge < -0.3 is 4.74 Å². The first kappa shape index (κ1) is 16.5. The maximum absolute atomic E-state index is 13.2. The van der Waals surface area contributed by atoms with Crippen molar-refractivity contribution >= 4 is 5.97 Å². The molecule has 0 spiro atoms. The van der Waals surface area contributed by atoms with Gasteiger partial charge >= 0.3 is 5.97 Å². The van der Waals surface area contributed by atoms with E-state index >= 15 is 0 Å². The first-order valence-electron chi connectivity index (χ1n) is 8.54. The summed E-state index contributed by atoms with van der Waals surface area (Å²) in [6.07, 6.45) is -0.428. The van der Waals surface area contributed by atoms with Crippen LogP contribution in [0.2, 0.25) is 0 Å². The summed E-state index contributed by atoms with van der Waals surface area (Å²) in [4.78, 5) is 12.7. The van der Waals surface area contributed by atoms with Crippen molar-refractivity contribution in [3.63, 3.8) is 0 Å². The molecule has 0 radical (unpaired) electrons. The van der Waals surface area contributed by atoms with Crippen LogP contribution in [0, 0.1) is 5.82 Å². The number of hydrogen-bond donors (Lipinski definition) is 1. The minimum atomic E-state index is -0.638. The second-order valence-electron chi connectivity index (χ2n) is 6.31. The Balaban J connectivity index is 1.71. The summed E-state index contributed by atoms with van der Waals surface area (Å²) in [7, 11) is 0. The number of hydrogen-bond acceptors (Lipinski definition) is 3. The molecule has 3 aromatic rings. The molecule has 130 valence electrons. The summed E-state index contributed by atoms with van der Waals surface area (Å²) >= 11 is 0. The number of carbonyl (C=O) groups excluding carboxylic acids is 1. The topological polar surface area (TPSA) is 38.3 Å². The number of cyclic esters (lactones) is 1. The minimum absolute atomic E-state index is 0.202. The van der Waals surface area contributed by atoms with Crippen LogP contribution in [0.3, 0.4) is 0 Å². The molecule has 0 amide bonds. The van der Waals surface area contributed by atoms with Crippen molar-refractivity contribution in [1.82, 2.24) is 5.32 Å². The molecule has 1 aliphatic rings. The molecular formula is C22H18FNO2. The monoisotopic (exact) mass is 347 g/mol. The molecule has 4 heteroatoms. The van der Waals surface area contributed by atoms with Gasteiger partial charge in [-0.05, 0) is 28.8 Å². The zero-order valence-electron chi connectivity index (χ0n) is 14.0. The van der Waals surface area contributed by atoms with Gasteiger partial charge in [0.1, 0.15) is 18.0 Å². The van der Waals surface area contributed by atoms with Crippen LogP contribution in [0.25, 0.3) is 0 Å². The van der Waals surface area contributed by atoms with Crippen LogP contribution in [0.15, 0.2) is 84.9 Å². The number of ether oxygens (including phenoxy) is 1. The number of morpholine rings is 1. The fourth-order valence-corrected chi connectivity index (χ4v) is 3.32. The second kappa shape index (κ2) is 7.10. The third kappa shape index (κ3) is 3.24. The number of nitrogens with one attached hydrogen (secondary N) is 1. The van der Waals surface area contributed by atoms with Crippen molar-refractivity contribution in [1.29, 1.82) is 0 Å². The second-order valence-corrected chi connectivity index (χ2v) is 6.31. The van der Waals surface area contributed by atoms with E-state index in [0.29, 0.717) is 5.56 Å². The lowest BCUT2D eigenvalue weighted by Gasteiger charge is -2.37. The van der Waals surface area contributed by atoms with Gasteiger partial charge in [0, 0.05) is 0 Å². The molecule has 26 heavy (non-hydrogen) atoms. The Morgan fingerprint density at radius 3 is 1.92 bits per heavy atom. The smallest absolute Gasteiger partial charge is 0.328 e. The van der Waals surface area contributed by atoms with E-state index in [1.807, 2.05) is 60.7 Å². The highest BCUT2D eigenvalue weighted by Crippen LogP contribution is 2.39. The van der Waals surface area contributed by atoms with Crippen LogP contribution < -0.4 is 5.32 Å². The molecule has 0 saturated carbocycles. The molecule has 0 aliphatic carbocycles. The van der Waals surface area contributed by atoms with Crippen molar-refractivity contribution < 1.29 is 13.9 Å². The van der Waals surface area contributed by atoms with Crippen molar-refractivity contribution in [2.24, 2.45) is 0 Å². The predicted octanol–water partition coefficient (Wildman–Crippen LogP) is 4.50. The van der Waals surface area contributed by atoms with E-state index < -0.39 is 12.1 Å². The van der Waals surface area contributed by atoms with E-state index in [-0.39, 0.29) is 17.8 Å². The Hall–Kier alpha value is -2.98. The number of benzene rings is 3. The Morgan fingerprint density at radius 2 is 1.31 bits per heavy atom. The molecule has 1 aliphatic heterocycles. The van der Waals surface area contributed by atoms with Gasteiger partial charge in [0.2, 0.25) is 0 Å². The molecule has 3 nitrogen and oxygen atoms in total. The van der Waals surface area contributed by atoms with Crippen LogP contribution >= 0.6 is 0 Å². The third-order valence-electron chi connectivity index (χ3n) is 4.62. The summed E-state index contributed by atoms with van der Waals surface area (Å²) in [6, 6.07) is 24.7. The Bertz CT molecular complexity index is 881. The lowest BCUT2D eigenvalue weighted by Crippen LogP contribution is -2.43. The van der Waals surface area contributed by atoms with E-state index in [2.05, 4.69) is 5.32 Å². The van der Waals surface area contributed by atoms with E-state index in [9.17, 15) is 9.18 Å². The molecule has 0 aromatic heterocycles. The molecule has 3 aromatic carbocycles. The summed E-state index contributed by atoms with van der Waals surface area (Å²) in [5.74, 6) is -0.697. The van der Waals surface area contributed by atoms with Gasteiger partial charge in [-0.25, -0.2) is 9.18 Å². The fraction of sp³-hybridized carbons (Fsp3) is 0.136. The summed E-state index contributed by atoms with van der Waals surface area (Å²) in [6.45, 7) is 0. The highest BCUT2D eigenvalue weighted by Gasteiger charge is 2.39. The Morgan fingerprint density at radius 1 is 0.731 bits per heavy atom. The maximum Gasteiger partial charge on any atom is 0.328 e. The first-order chi connectivity index (χ1) is 12.7. The van der Waals surface area contributed by atoms with Crippen LogP contribution in [0.4, 0.5) is 4.39 Å². The molecular weight excluding hydrogens is 329 g/mol. The molecule has 0 unspecified atom stereocenters. The molecule has 1 heterocycles. The van der Waals surface area contributed by atoms with Crippen molar-refractivity contribution in [2.75, 3.05) is 0 Å². The zero-order valence-corrected chi connectivity index (χ0v) is 14.0. The van der Waals surface area contributed by atoms with E-state index in [4.69, 9.17) is 4.74 Å². The van der Waals surface area contributed by atoms with Gasteiger partial charge in [-0.3, -0.25) is 5.32 Å². The SMILES string of the molecule is O=C1O[C@H](c2ccccc2)[C@H](c2ccccc2)N[C@@H]1c1ccc(F)cc1.